The molecule has 0 saturated carbocycles. The van der Waals surface area contributed by atoms with Crippen LogP contribution in [0.1, 0.15) is 6.92 Å². The number of nitriles is 1. The highest BCUT2D eigenvalue weighted by atomic mass is 32.1. The smallest absolute Gasteiger partial charge is 0.331 e. The first-order valence-corrected chi connectivity index (χ1v) is 7.29. The van der Waals surface area contributed by atoms with Crippen LogP contribution in [0.4, 0.5) is 5.69 Å². The predicted octanol–water partition coefficient (Wildman–Crippen LogP) is 0.539. The molecule has 1 aromatic carbocycles. The van der Waals surface area contributed by atoms with Gasteiger partial charge in [0.2, 0.25) is 0 Å². The zero-order chi connectivity index (χ0) is 16.1. The normalized spacial score (nSPS) is 12.6. The minimum atomic E-state index is -1.13. The number of hydrogen-bond donors (Lipinski definition) is 2. The van der Waals surface area contributed by atoms with Crippen LogP contribution in [0.5, 0.6) is 0 Å². The van der Waals surface area contributed by atoms with Gasteiger partial charge in [0.15, 0.2) is 0 Å². The average Bonchev–Trinajstić information content (AvgIpc) is 2.81. The third kappa shape index (κ3) is 3.24. The molecule has 1 aromatic heterocycles. The molecule has 1 heterocycles. The van der Waals surface area contributed by atoms with Crippen LogP contribution >= 0.6 is 11.3 Å². The first-order chi connectivity index (χ1) is 10.6. The number of aliphatic carboxylic acids is 1. The monoisotopic (exact) mass is 315 g/mol. The largest absolute Gasteiger partial charge is 0.478 e. The molecule has 0 aliphatic rings. The Balaban J connectivity index is 2.68. The Bertz CT molecular complexity index is 904. The molecule has 0 saturated heterocycles. The Kier molecular flexibility index (Phi) is 4.76. The van der Waals surface area contributed by atoms with E-state index in [9.17, 15) is 14.9 Å². The number of anilines is 1. The number of nitrogens with one attached hydrogen (secondary N) is 1. The maximum Gasteiger partial charge on any atom is 0.331 e. The van der Waals surface area contributed by atoms with E-state index in [2.05, 4.69) is 5.32 Å². The predicted molar refractivity (Wildman–Crippen MR) is 84.7 cm³/mol. The Morgan fingerprint density at radius 1 is 1.45 bits per heavy atom. The van der Waals surface area contributed by atoms with Crippen molar-refractivity contribution >= 4 is 34.8 Å². The summed E-state index contributed by atoms with van der Waals surface area (Å²) in [6.07, 6.45) is 0.969. The summed E-state index contributed by atoms with van der Waals surface area (Å²) in [4.78, 5) is 23.2. The average molecular weight is 315 g/mol. The standard InChI is InChI=1S/C15H13N3O3S/c1-2-18-12(8-13(19)20)22-14(15(18)21)11(9-16)17-10-6-4-3-5-7-10/h3-8,17H,2H2,1H3,(H,19,20)/b12-8+,14-11+. The molecule has 7 heteroatoms. The Morgan fingerprint density at radius 3 is 2.68 bits per heavy atom. The summed E-state index contributed by atoms with van der Waals surface area (Å²) >= 11 is 0.983. The molecule has 112 valence electrons. The molecule has 2 aromatic rings. The van der Waals surface area contributed by atoms with Gasteiger partial charge >= 0.3 is 5.97 Å². The van der Waals surface area contributed by atoms with Gasteiger partial charge in [0.05, 0.1) is 6.08 Å². The van der Waals surface area contributed by atoms with E-state index in [-0.39, 0.29) is 15.8 Å². The van der Waals surface area contributed by atoms with Gasteiger partial charge < -0.3 is 10.4 Å². The molecule has 0 atom stereocenters. The molecule has 2 rings (SSSR count). The zero-order valence-corrected chi connectivity index (χ0v) is 12.6. The molecule has 0 fully saturated rings. The molecule has 0 spiro atoms. The lowest BCUT2D eigenvalue weighted by Gasteiger charge is -2.01. The van der Waals surface area contributed by atoms with Crippen molar-refractivity contribution in [2.75, 3.05) is 5.32 Å². The Labute approximate surface area is 129 Å². The molecule has 0 aliphatic heterocycles. The summed E-state index contributed by atoms with van der Waals surface area (Å²) < 4.78 is 1.83. The lowest BCUT2D eigenvalue weighted by Crippen LogP contribution is -2.32. The van der Waals surface area contributed by atoms with Gasteiger partial charge in [-0.05, 0) is 19.1 Å². The molecule has 0 amide bonds. The van der Waals surface area contributed by atoms with Gasteiger partial charge in [-0.2, -0.15) is 5.26 Å². The number of rotatable bonds is 4. The highest BCUT2D eigenvalue weighted by Crippen LogP contribution is 2.08. The molecule has 0 bridgehead atoms. The van der Waals surface area contributed by atoms with Gasteiger partial charge in [0, 0.05) is 12.2 Å². The van der Waals surface area contributed by atoms with E-state index in [1.165, 1.54) is 4.57 Å². The minimum absolute atomic E-state index is 0.105. The van der Waals surface area contributed by atoms with Crippen molar-refractivity contribution in [1.82, 2.24) is 4.57 Å². The fourth-order valence-corrected chi connectivity index (χ4v) is 2.99. The molecule has 0 aliphatic carbocycles. The van der Waals surface area contributed by atoms with Crippen LogP contribution in [0.2, 0.25) is 0 Å². The van der Waals surface area contributed by atoms with Crippen molar-refractivity contribution in [3.63, 3.8) is 0 Å². The number of aromatic nitrogens is 1. The van der Waals surface area contributed by atoms with E-state index in [1.54, 1.807) is 31.2 Å². The number of carboxylic acids is 1. The quantitative estimate of drug-likeness (QED) is 0.858. The SMILES string of the molecule is CCn1c(=O)/c(=C(/C#N)Nc2ccccc2)s/c1=C/C(=O)O. The highest BCUT2D eigenvalue weighted by Gasteiger charge is 2.09. The van der Waals surface area contributed by atoms with Crippen LogP contribution in [-0.4, -0.2) is 15.6 Å². The third-order valence-electron chi connectivity index (χ3n) is 2.86. The summed E-state index contributed by atoms with van der Waals surface area (Å²) in [6, 6.07) is 11.0. The second kappa shape index (κ2) is 6.74. The number of nitrogens with zero attached hydrogens (tertiary/aromatic N) is 2. The van der Waals surface area contributed by atoms with Crippen molar-refractivity contribution in [1.29, 1.82) is 5.26 Å². The van der Waals surface area contributed by atoms with E-state index in [1.807, 2.05) is 12.1 Å². The van der Waals surface area contributed by atoms with Gasteiger partial charge in [-0.3, -0.25) is 9.36 Å². The maximum atomic E-state index is 12.3. The Hall–Kier alpha value is -2.85. The zero-order valence-electron chi connectivity index (χ0n) is 11.7. The van der Waals surface area contributed by atoms with Crippen molar-refractivity contribution < 1.29 is 9.90 Å². The van der Waals surface area contributed by atoms with Gasteiger partial charge in [-0.25, -0.2) is 4.79 Å². The van der Waals surface area contributed by atoms with Crippen LogP contribution in [0.15, 0.2) is 35.1 Å². The first-order valence-electron chi connectivity index (χ1n) is 6.47. The number of thiazole rings is 1. The van der Waals surface area contributed by atoms with Gasteiger partial charge in [0.25, 0.3) is 5.56 Å². The summed E-state index contributed by atoms with van der Waals surface area (Å²) in [5.41, 5.74) is 0.409. The van der Waals surface area contributed by atoms with Crippen LogP contribution in [0.3, 0.4) is 0 Å². The molecular formula is C15H13N3O3S. The van der Waals surface area contributed by atoms with Crippen molar-refractivity contribution in [3.8, 4) is 6.07 Å². The Morgan fingerprint density at radius 2 is 2.14 bits per heavy atom. The van der Waals surface area contributed by atoms with Crippen LogP contribution in [-0.2, 0) is 11.3 Å². The van der Waals surface area contributed by atoms with Crippen LogP contribution < -0.4 is 20.1 Å². The van der Waals surface area contributed by atoms with Gasteiger partial charge in [0.1, 0.15) is 21.0 Å². The summed E-state index contributed by atoms with van der Waals surface area (Å²) in [5.74, 6) is -1.13. The van der Waals surface area contributed by atoms with Crippen molar-refractivity contribution in [2.45, 2.75) is 13.5 Å². The number of para-hydroxylation sites is 1. The second-order valence-corrected chi connectivity index (χ2v) is 5.31. The number of benzene rings is 1. The maximum absolute atomic E-state index is 12.3. The number of hydrogen-bond acceptors (Lipinski definition) is 5. The van der Waals surface area contributed by atoms with Crippen LogP contribution in [0, 0.1) is 11.3 Å². The van der Waals surface area contributed by atoms with E-state index in [0.717, 1.165) is 17.4 Å². The van der Waals surface area contributed by atoms with Crippen molar-refractivity contribution in [2.24, 2.45) is 0 Å². The summed E-state index contributed by atoms with van der Waals surface area (Å²) in [5, 5.41) is 21.1. The van der Waals surface area contributed by atoms with E-state index >= 15 is 0 Å². The second-order valence-electron chi connectivity index (χ2n) is 4.28. The van der Waals surface area contributed by atoms with E-state index in [0.29, 0.717) is 16.9 Å². The molecule has 6 nitrogen and oxygen atoms in total. The fourth-order valence-electron chi connectivity index (χ4n) is 1.90. The van der Waals surface area contributed by atoms with E-state index < -0.39 is 5.97 Å². The molecule has 0 unspecified atom stereocenters. The minimum Gasteiger partial charge on any atom is -0.478 e. The third-order valence-corrected chi connectivity index (χ3v) is 3.99. The number of carbonyl (C=O) groups is 1. The van der Waals surface area contributed by atoms with Crippen LogP contribution in [0.25, 0.3) is 11.8 Å². The van der Waals surface area contributed by atoms with Gasteiger partial charge in [-0.1, -0.05) is 18.2 Å². The van der Waals surface area contributed by atoms with E-state index in [4.69, 9.17) is 5.11 Å². The fraction of sp³-hybridized carbons (Fsp3) is 0.133. The lowest BCUT2D eigenvalue weighted by atomic mass is 10.3. The topological polar surface area (TPSA) is 95.1 Å². The van der Waals surface area contributed by atoms with Gasteiger partial charge in [-0.15, -0.1) is 11.3 Å². The lowest BCUT2D eigenvalue weighted by molar-refractivity contribution is -0.129. The van der Waals surface area contributed by atoms with Crippen molar-refractivity contribution in [3.05, 3.63) is 49.9 Å². The summed E-state index contributed by atoms with van der Waals surface area (Å²) in [7, 11) is 0. The first kappa shape index (κ1) is 15.5. The molecular weight excluding hydrogens is 302 g/mol. The molecule has 2 N–H and O–H groups in total. The highest BCUT2D eigenvalue weighted by molar-refractivity contribution is 7.07. The number of carboxylic acid groups (broad SMARTS) is 1. The molecule has 0 radical (unpaired) electrons. The summed E-state index contributed by atoms with van der Waals surface area (Å²) in [6.45, 7) is 2.08. The molecule has 22 heavy (non-hydrogen) atoms.